The molecule has 3 aromatic rings. The smallest absolute Gasteiger partial charge is 0.410 e. The molecule has 0 radical (unpaired) electrons. The first-order valence-corrected chi connectivity index (χ1v) is 12.9. The molecule has 2 fully saturated rings. The van der Waals surface area contributed by atoms with E-state index in [1.807, 2.05) is 49.9 Å². The van der Waals surface area contributed by atoms with Gasteiger partial charge in [0.25, 0.3) is 0 Å². The molecule has 1 N–H and O–H groups in total. The van der Waals surface area contributed by atoms with Crippen LogP contribution in [0.15, 0.2) is 42.6 Å². The molecule has 2 aromatic heterocycles. The first kappa shape index (κ1) is 22.9. The first-order chi connectivity index (χ1) is 16.3. The predicted molar refractivity (Wildman–Crippen MR) is 135 cm³/mol. The monoisotopic (exact) mass is 480 g/mol. The fraction of sp³-hybridized carbons (Fsp3) is 0.500. The Morgan fingerprint density at radius 3 is 2.62 bits per heavy atom. The molecule has 5 rings (SSSR count). The normalized spacial score (nSPS) is 21.2. The van der Waals surface area contributed by atoms with Crippen molar-refractivity contribution in [1.82, 2.24) is 14.9 Å². The highest BCUT2D eigenvalue weighted by atomic mass is 32.1. The van der Waals surface area contributed by atoms with E-state index in [-0.39, 0.29) is 12.2 Å². The van der Waals surface area contributed by atoms with Crippen molar-refractivity contribution >= 4 is 32.8 Å². The van der Waals surface area contributed by atoms with Gasteiger partial charge in [0.2, 0.25) is 5.88 Å². The second-order valence-electron chi connectivity index (χ2n) is 10.2. The van der Waals surface area contributed by atoms with E-state index in [2.05, 4.69) is 27.4 Å². The Morgan fingerprint density at radius 2 is 1.88 bits per heavy atom. The van der Waals surface area contributed by atoms with Crippen LogP contribution in [-0.2, 0) is 4.74 Å². The summed E-state index contributed by atoms with van der Waals surface area (Å²) < 4.78 is 13.1. The number of pyridine rings is 1. The van der Waals surface area contributed by atoms with E-state index in [0.29, 0.717) is 25.0 Å². The summed E-state index contributed by atoms with van der Waals surface area (Å²) in [5.74, 6) is 1.07. The number of anilines is 1. The van der Waals surface area contributed by atoms with Crippen molar-refractivity contribution in [2.75, 3.05) is 18.4 Å². The minimum Gasteiger partial charge on any atom is -0.474 e. The standard InChI is InChI=1S/C26H32N4O3S/c1-26(2,3)33-25(31)30-13-10-17(11-14-30)20-7-6-12-27-23(20)32-19-15-18(16-19)28-24-29-21-8-4-5-9-22(21)34-24/h4-9,12,17-19H,10-11,13-16H2,1-3H3,(H,28,29)/t18-,19-. The largest absolute Gasteiger partial charge is 0.474 e. The van der Waals surface area contributed by atoms with Crippen molar-refractivity contribution in [3.63, 3.8) is 0 Å². The summed E-state index contributed by atoms with van der Waals surface area (Å²) in [7, 11) is 0. The van der Waals surface area contributed by atoms with Gasteiger partial charge in [-0.15, -0.1) is 0 Å². The summed E-state index contributed by atoms with van der Waals surface area (Å²) in [5, 5.41) is 4.52. The molecule has 0 bridgehead atoms. The lowest BCUT2D eigenvalue weighted by atomic mass is 9.88. The molecule has 1 saturated carbocycles. The zero-order valence-corrected chi connectivity index (χ0v) is 20.8. The number of hydrogen-bond acceptors (Lipinski definition) is 7. The van der Waals surface area contributed by atoms with Gasteiger partial charge < -0.3 is 19.7 Å². The summed E-state index contributed by atoms with van der Waals surface area (Å²) in [6.45, 7) is 7.07. The number of aromatic nitrogens is 2. The lowest BCUT2D eigenvalue weighted by molar-refractivity contribution is 0.0203. The van der Waals surface area contributed by atoms with Crippen LogP contribution in [0.2, 0.25) is 0 Å². The number of likely N-dealkylation sites (tertiary alicyclic amines) is 1. The summed E-state index contributed by atoms with van der Waals surface area (Å²) >= 11 is 1.69. The van der Waals surface area contributed by atoms with E-state index in [0.717, 1.165) is 47.8 Å². The minimum absolute atomic E-state index is 0.155. The molecule has 2 aliphatic rings. The first-order valence-electron chi connectivity index (χ1n) is 12.1. The van der Waals surface area contributed by atoms with Gasteiger partial charge in [-0.1, -0.05) is 29.5 Å². The molecule has 0 atom stereocenters. The molecular weight excluding hydrogens is 448 g/mol. The molecule has 0 unspecified atom stereocenters. The number of fused-ring (bicyclic) bond motifs is 1. The summed E-state index contributed by atoms with van der Waals surface area (Å²) in [5.41, 5.74) is 1.72. The molecule has 1 saturated heterocycles. The van der Waals surface area contributed by atoms with Gasteiger partial charge in [0.1, 0.15) is 11.7 Å². The van der Waals surface area contributed by atoms with E-state index >= 15 is 0 Å². The second-order valence-corrected chi connectivity index (χ2v) is 11.2. The van der Waals surface area contributed by atoms with Crippen LogP contribution in [0.1, 0.15) is 57.9 Å². The topological polar surface area (TPSA) is 76.6 Å². The lowest BCUT2D eigenvalue weighted by Gasteiger charge is -2.37. The number of benzene rings is 1. The molecule has 0 spiro atoms. The number of ether oxygens (including phenoxy) is 2. The van der Waals surface area contributed by atoms with Gasteiger partial charge in [-0.2, -0.15) is 0 Å². The predicted octanol–water partition coefficient (Wildman–Crippen LogP) is 5.83. The average molecular weight is 481 g/mol. The number of nitrogens with one attached hydrogen (secondary N) is 1. The van der Waals surface area contributed by atoms with Crippen molar-refractivity contribution in [1.29, 1.82) is 0 Å². The minimum atomic E-state index is -0.471. The fourth-order valence-electron chi connectivity index (χ4n) is 4.56. The van der Waals surface area contributed by atoms with Crippen LogP contribution < -0.4 is 10.1 Å². The third-order valence-electron chi connectivity index (χ3n) is 6.38. The number of piperidine rings is 1. The number of rotatable bonds is 5. The number of carbonyl (C=O) groups is 1. The highest BCUT2D eigenvalue weighted by Crippen LogP contribution is 2.36. The lowest BCUT2D eigenvalue weighted by Crippen LogP contribution is -2.43. The van der Waals surface area contributed by atoms with Crippen LogP contribution in [0.4, 0.5) is 9.93 Å². The maximum atomic E-state index is 12.4. The van der Waals surface area contributed by atoms with Crippen LogP contribution >= 0.6 is 11.3 Å². The van der Waals surface area contributed by atoms with E-state index in [1.54, 1.807) is 17.5 Å². The van der Waals surface area contributed by atoms with Crippen LogP contribution in [0.3, 0.4) is 0 Å². The van der Waals surface area contributed by atoms with Crippen molar-refractivity contribution in [3.05, 3.63) is 48.2 Å². The number of amides is 1. The third kappa shape index (κ3) is 5.27. The van der Waals surface area contributed by atoms with Gasteiger partial charge in [-0.3, -0.25) is 0 Å². The van der Waals surface area contributed by atoms with Crippen molar-refractivity contribution < 1.29 is 14.3 Å². The van der Waals surface area contributed by atoms with Crippen LogP contribution in [0, 0.1) is 0 Å². The van der Waals surface area contributed by atoms with Crippen molar-refractivity contribution in [2.24, 2.45) is 0 Å². The summed E-state index contributed by atoms with van der Waals surface area (Å²) in [4.78, 5) is 23.4. The molecule has 1 amide bonds. The quantitative estimate of drug-likeness (QED) is 0.495. The van der Waals surface area contributed by atoms with E-state index in [4.69, 9.17) is 9.47 Å². The number of hydrogen-bond donors (Lipinski definition) is 1. The second kappa shape index (κ2) is 9.41. The van der Waals surface area contributed by atoms with E-state index in [9.17, 15) is 4.79 Å². The molecule has 34 heavy (non-hydrogen) atoms. The van der Waals surface area contributed by atoms with Gasteiger partial charge in [-0.05, 0) is 57.7 Å². The number of nitrogens with zero attached hydrogens (tertiary/aromatic N) is 3. The van der Waals surface area contributed by atoms with Gasteiger partial charge in [0, 0.05) is 43.7 Å². The van der Waals surface area contributed by atoms with Gasteiger partial charge in [0.05, 0.1) is 10.2 Å². The Bertz CT molecular complexity index is 1110. The molecule has 7 nitrogen and oxygen atoms in total. The van der Waals surface area contributed by atoms with Crippen LogP contribution in [-0.4, -0.2) is 51.8 Å². The van der Waals surface area contributed by atoms with Crippen LogP contribution in [0.25, 0.3) is 10.2 Å². The molecular formula is C26H32N4O3S. The van der Waals surface area contributed by atoms with Gasteiger partial charge in [0.15, 0.2) is 5.13 Å². The molecule has 1 aromatic carbocycles. The van der Waals surface area contributed by atoms with Crippen molar-refractivity contribution in [2.45, 2.75) is 70.1 Å². The average Bonchev–Trinajstić information content (AvgIpc) is 3.19. The zero-order chi connectivity index (χ0) is 23.7. The fourth-order valence-corrected chi connectivity index (χ4v) is 5.50. The Kier molecular flexibility index (Phi) is 6.34. The molecule has 180 valence electrons. The van der Waals surface area contributed by atoms with Crippen LogP contribution in [0.5, 0.6) is 5.88 Å². The summed E-state index contributed by atoms with van der Waals surface area (Å²) in [6.07, 6.45) is 5.36. The van der Waals surface area contributed by atoms with Gasteiger partial charge >= 0.3 is 6.09 Å². The molecule has 8 heteroatoms. The van der Waals surface area contributed by atoms with Gasteiger partial charge in [-0.25, -0.2) is 14.8 Å². The molecule has 3 heterocycles. The maximum Gasteiger partial charge on any atom is 0.410 e. The number of thiazole rings is 1. The third-order valence-corrected chi connectivity index (χ3v) is 7.35. The molecule has 1 aliphatic carbocycles. The van der Waals surface area contributed by atoms with E-state index < -0.39 is 5.60 Å². The maximum absolute atomic E-state index is 12.4. The highest BCUT2D eigenvalue weighted by molar-refractivity contribution is 7.22. The zero-order valence-electron chi connectivity index (χ0n) is 20.0. The molecule has 1 aliphatic heterocycles. The number of para-hydroxylation sites is 1. The van der Waals surface area contributed by atoms with Crippen molar-refractivity contribution in [3.8, 4) is 5.88 Å². The van der Waals surface area contributed by atoms with E-state index in [1.165, 1.54) is 4.70 Å². The Balaban J connectivity index is 1.14. The Morgan fingerprint density at radius 1 is 1.12 bits per heavy atom. The Hall–Kier alpha value is -2.87. The SMILES string of the molecule is CC(C)(C)OC(=O)N1CCC(c2cccnc2O[C@H]2C[C@H](Nc3nc4ccccc4s3)C2)CC1. The highest BCUT2D eigenvalue weighted by Gasteiger charge is 2.34. The summed E-state index contributed by atoms with van der Waals surface area (Å²) in [6, 6.07) is 12.7. The Labute approximate surface area is 204 Å². The number of carbonyl (C=O) groups excluding carboxylic acids is 1.